The van der Waals surface area contributed by atoms with E-state index in [0.29, 0.717) is 11.4 Å². The number of hydrogen-bond donors (Lipinski definition) is 2. The Balaban J connectivity index is 2.97. The second-order valence-electron chi connectivity index (χ2n) is 5.71. The molecular weight excluding hydrogens is 244 g/mol. The summed E-state index contributed by atoms with van der Waals surface area (Å²) in [4.78, 5) is 27.6. The highest BCUT2D eigenvalue weighted by Gasteiger charge is 2.37. The van der Waals surface area contributed by atoms with Crippen LogP contribution < -0.4 is 5.32 Å². The number of aromatic nitrogens is 1. The molecule has 0 aliphatic rings. The first-order valence-corrected chi connectivity index (χ1v) is 6.11. The molecule has 0 radical (unpaired) electrons. The Kier molecular flexibility index (Phi) is 4.29. The van der Waals surface area contributed by atoms with Gasteiger partial charge in [0.2, 0.25) is 5.91 Å². The van der Waals surface area contributed by atoms with Crippen LogP contribution in [0.1, 0.15) is 32.2 Å². The predicted molar refractivity (Wildman–Crippen MR) is 72.9 cm³/mol. The van der Waals surface area contributed by atoms with E-state index in [0.717, 1.165) is 5.69 Å². The highest BCUT2D eigenvalue weighted by molar-refractivity contribution is 6.05. The monoisotopic (exact) mass is 264 g/mol. The molecule has 1 atom stereocenters. The van der Waals surface area contributed by atoms with E-state index in [4.69, 9.17) is 0 Å². The zero-order valence-corrected chi connectivity index (χ0v) is 11.9. The fraction of sp³-hybridized carbons (Fsp3) is 0.500. The summed E-state index contributed by atoms with van der Waals surface area (Å²) in [6.07, 6.45) is 0. The minimum absolute atomic E-state index is 0.520. The molecule has 0 saturated heterocycles. The Labute approximate surface area is 113 Å². The van der Waals surface area contributed by atoms with Gasteiger partial charge in [-0.3, -0.25) is 14.6 Å². The number of anilines is 1. The van der Waals surface area contributed by atoms with Crippen LogP contribution in [0.2, 0.25) is 0 Å². The van der Waals surface area contributed by atoms with Gasteiger partial charge in [-0.25, -0.2) is 0 Å². The van der Waals surface area contributed by atoms with Gasteiger partial charge < -0.3 is 10.4 Å². The maximum Gasteiger partial charge on any atom is 0.316 e. The molecule has 0 saturated carbocycles. The Morgan fingerprint density at radius 2 is 1.84 bits per heavy atom. The minimum atomic E-state index is -1.12. The third kappa shape index (κ3) is 3.77. The molecule has 1 aromatic rings. The zero-order valence-electron chi connectivity index (χ0n) is 11.9. The lowest BCUT2D eigenvalue weighted by molar-refractivity contribution is -0.149. The van der Waals surface area contributed by atoms with Crippen molar-refractivity contribution in [2.75, 3.05) is 5.32 Å². The zero-order chi connectivity index (χ0) is 14.8. The number of carboxylic acid groups (broad SMARTS) is 1. The minimum Gasteiger partial charge on any atom is -0.481 e. The Bertz CT molecular complexity index is 504. The van der Waals surface area contributed by atoms with Crippen LogP contribution in [0.25, 0.3) is 0 Å². The van der Waals surface area contributed by atoms with Gasteiger partial charge in [-0.15, -0.1) is 0 Å². The van der Waals surface area contributed by atoms with Crippen molar-refractivity contribution in [3.8, 4) is 0 Å². The number of nitrogens with zero attached hydrogens (tertiary/aromatic N) is 1. The van der Waals surface area contributed by atoms with Crippen molar-refractivity contribution in [1.29, 1.82) is 0 Å². The SMILES string of the molecule is Cc1ccc(NC(=O)C(C(=O)O)C(C)(C)C)c(C)n1. The second kappa shape index (κ2) is 5.38. The Morgan fingerprint density at radius 1 is 1.26 bits per heavy atom. The number of hydrogen-bond acceptors (Lipinski definition) is 3. The number of carbonyl (C=O) groups is 2. The second-order valence-corrected chi connectivity index (χ2v) is 5.71. The van der Waals surface area contributed by atoms with Crippen molar-refractivity contribution in [2.45, 2.75) is 34.6 Å². The summed E-state index contributed by atoms with van der Waals surface area (Å²) in [6.45, 7) is 8.81. The summed E-state index contributed by atoms with van der Waals surface area (Å²) in [5.41, 5.74) is 1.42. The standard InChI is InChI=1S/C14H20N2O3/c1-8-6-7-10(9(2)15-8)16-12(17)11(13(18)19)14(3,4)5/h6-7,11H,1-5H3,(H,16,17)(H,18,19). The van der Waals surface area contributed by atoms with E-state index in [-0.39, 0.29) is 0 Å². The molecular formula is C14H20N2O3. The van der Waals surface area contributed by atoms with Gasteiger partial charge in [0.15, 0.2) is 0 Å². The molecule has 1 heterocycles. The molecule has 1 unspecified atom stereocenters. The molecule has 0 fully saturated rings. The van der Waals surface area contributed by atoms with Crippen molar-refractivity contribution in [1.82, 2.24) is 4.98 Å². The van der Waals surface area contributed by atoms with Gasteiger partial charge >= 0.3 is 5.97 Å². The summed E-state index contributed by atoms with van der Waals surface area (Å²) >= 11 is 0. The quantitative estimate of drug-likeness (QED) is 0.821. The largest absolute Gasteiger partial charge is 0.481 e. The molecule has 2 N–H and O–H groups in total. The molecule has 5 heteroatoms. The fourth-order valence-electron chi connectivity index (χ4n) is 1.90. The van der Waals surface area contributed by atoms with Gasteiger partial charge in [0.05, 0.1) is 11.4 Å². The first kappa shape index (κ1) is 15.1. The first-order chi connectivity index (χ1) is 8.62. The smallest absolute Gasteiger partial charge is 0.316 e. The number of amides is 1. The molecule has 0 aromatic carbocycles. The van der Waals surface area contributed by atoms with Gasteiger partial charge in [0.25, 0.3) is 0 Å². The highest BCUT2D eigenvalue weighted by Crippen LogP contribution is 2.27. The van der Waals surface area contributed by atoms with E-state index in [1.807, 2.05) is 6.92 Å². The number of carbonyl (C=O) groups excluding carboxylic acids is 1. The summed E-state index contributed by atoms with van der Waals surface area (Å²) in [5, 5.41) is 11.8. The number of carboxylic acids is 1. The topological polar surface area (TPSA) is 79.3 Å². The molecule has 1 rings (SSSR count). The highest BCUT2D eigenvalue weighted by atomic mass is 16.4. The summed E-state index contributed by atoms with van der Waals surface area (Å²) in [5.74, 6) is -2.75. The third-order valence-corrected chi connectivity index (χ3v) is 2.86. The van der Waals surface area contributed by atoms with Crippen molar-refractivity contribution in [2.24, 2.45) is 11.3 Å². The molecule has 1 amide bonds. The summed E-state index contributed by atoms with van der Waals surface area (Å²) in [6, 6.07) is 3.51. The van der Waals surface area contributed by atoms with E-state index < -0.39 is 23.2 Å². The van der Waals surface area contributed by atoms with Crippen LogP contribution in [-0.2, 0) is 9.59 Å². The van der Waals surface area contributed by atoms with Crippen molar-refractivity contribution in [3.05, 3.63) is 23.5 Å². The maximum absolute atomic E-state index is 12.1. The molecule has 0 spiro atoms. The van der Waals surface area contributed by atoms with Crippen LogP contribution in [-0.4, -0.2) is 22.0 Å². The van der Waals surface area contributed by atoms with Gasteiger partial charge in [-0.05, 0) is 31.4 Å². The lowest BCUT2D eigenvalue weighted by Gasteiger charge is -2.26. The van der Waals surface area contributed by atoms with Crippen LogP contribution in [0.15, 0.2) is 12.1 Å². The molecule has 0 bridgehead atoms. The average molecular weight is 264 g/mol. The average Bonchev–Trinajstić information content (AvgIpc) is 2.19. The lowest BCUT2D eigenvalue weighted by atomic mass is 9.80. The normalized spacial score (nSPS) is 12.9. The van der Waals surface area contributed by atoms with Crippen molar-refractivity contribution in [3.63, 3.8) is 0 Å². The van der Waals surface area contributed by atoms with E-state index >= 15 is 0 Å². The fourth-order valence-corrected chi connectivity index (χ4v) is 1.90. The third-order valence-electron chi connectivity index (χ3n) is 2.86. The molecule has 0 aliphatic heterocycles. The van der Waals surface area contributed by atoms with Crippen LogP contribution in [0.3, 0.4) is 0 Å². The molecule has 104 valence electrons. The number of pyridine rings is 1. The van der Waals surface area contributed by atoms with E-state index in [1.165, 1.54) is 0 Å². The Morgan fingerprint density at radius 3 is 2.26 bits per heavy atom. The van der Waals surface area contributed by atoms with Crippen LogP contribution in [0, 0.1) is 25.2 Å². The van der Waals surface area contributed by atoms with Gasteiger partial charge in [0.1, 0.15) is 5.92 Å². The van der Waals surface area contributed by atoms with Gasteiger partial charge in [-0.1, -0.05) is 20.8 Å². The van der Waals surface area contributed by atoms with Crippen molar-refractivity contribution < 1.29 is 14.7 Å². The molecule has 1 aromatic heterocycles. The molecule has 19 heavy (non-hydrogen) atoms. The maximum atomic E-state index is 12.1. The van der Waals surface area contributed by atoms with Gasteiger partial charge in [-0.2, -0.15) is 0 Å². The van der Waals surface area contributed by atoms with E-state index in [9.17, 15) is 14.7 Å². The molecule has 5 nitrogen and oxygen atoms in total. The predicted octanol–water partition coefficient (Wildman–Crippen LogP) is 2.38. The Hall–Kier alpha value is -1.91. The molecule has 0 aliphatic carbocycles. The van der Waals surface area contributed by atoms with E-state index in [2.05, 4.69) is 10.3 Å². The number of aliphatic carboxylic acids is 1. The van der Waals surface area contributed by atoms with Crippen LogP contribution >= 0.6 is 0 Å². The summed E-state index contributed by atoms with van der Waals surface area (Å²) in [7, 11) is 0. The van der Waals surface area contributed by atoms with Crippen LogP contribution in [0.4, 0.5) is 5.69 Å². The number of nitrogens with one attached hydrogen (secondary N) is 1. The number of aryl methyl sites for hydroxylation is 2. The number of rotatable bonds is 3. The van der Waals surface area contributed by atoms with Crippen LogP contribution in [0.5, 0.6) is 0 Å². The lowest BCUT2D eigenvalue weighted by Crippen LogP contribution is -2.39. The summed E-state index contributed by atoms with van der Waals surface area (Å²) < 4.78 is 0. The van der Waals surface area contributed by atoms with Gasteiger partial charge in [0, 0.05) is 5.69 Å². The van der Waals surface area contributed by atoms with E-state index in [1.54, 1.807) is 39.8 Å². The van der Waals surface area contributed by atoms with Crippen molar-refractivity contribution >= 4 is 17.6 Å². The first-order valence-electron chi connectivity index (χ1n) is 6.11.